The third-order valence-corrected chi connectivity index (χ3v) is 6.06. The van der Waals surface area contributed by atoms with Gasteiger partial charge in [0.15, 0.2) is 0 Å². The fourth-order valence-corrected chi connectivity index (χ4v) is 3.50. The summed E-state index contributed by atoms with van der Waals surface area (Å²) in [6.07, 6.45) is 1.84. The standard InChI is InChI=1S/C20H21F2N3O3S/c1-20(21,22)15-8-5-13(6-9-15)17-12-25(4)18-11-14(7-10-16(17)18)19(26)23-29(27,28)24(2)3/h5-12H,1-4H3,(H,23,26). The molecule has 0 fully saturated rings. The summed E-state index contributed by atoms with van der Waals surface area (Å²) >= 11 is 0. The minimum absolute atomic E-state index is 0.0671. The third kappa shape index (κ3) is 4.15. The van der Waals surface area contributed by atoms with Crippen LogP contribution in [0.15, 0.2) is 48.7 Å². The Labute approximate surface area is 167 Å². The van der Waals surface area contributed by atoms with E-state index < -0.39 is 22.0 Å². The minimum Gasteiger partial charge on any atom is -0.350 e. The Balaban J connectivity index is 1.99. The molecule has 3 rings (SSSR count). The molecule has 2 aromatic carbocycles. The van der Waals surface area contributed by atoms with Gasteiger partial charge in [-0.05, 0) is 17.7 Å². The van der Waals surface area contributed by atoms with Crippen LogP contribution >= 0.6 is 0 Å². The van der Waals surface area contributed by atoms with Crippen LogP contribution in [0.3, 0.4) is 0 Å². The topological polar surface area (TPSA) is 71.4 Å². The average Bonchev–Trinajstić information content (AvgIpc) is 2.97. The number of halogens is 2. The zero-order valence-corrected chi connectivity index (χ0v) is 17.2. The van der Waals surface area contributed by atoms with E-state index in [1.807, 2.05) is 10.9 Å². The van der Waals surface area contributed by atoms with Crippen molar-refractivity contribution in [1.29, 1.82) is 0 Å². The van der Waals surface area contributed by atoms with E-state index in [1.54, 1.807) is 35.9 Å². The lowest BCUT2D eigenvalue weighted by Gasteiger charge is -2.12. The molecule has 0 atom stereocenters. The van der Waals surface area contributed by atoms with E-state index in [2.05, 4.69) is 0 Å². The van der Waals surface area contributed by atoms with Gasteiger partial charge in [0.25, 0.3) is 11.8 Å². The van der Waals surface area contributed by atoms with E-state index in [0.29, 0.717) is 5.52 Å². The lowest BCUT2D eigenvalue weighted by molar-refractivity contribution is 0.0175. The van der Waals surface area contributed by atoms with Gasteiger partial charge in [-0.1, -0.05) is 30.3 Å². The number of nitrogens with one attached hydrogen (secondary N) is 1. The highest BCUT2D eigenvalue weighted by atomic mass is 32.2. The molecular formula is C20H21F2N3O3S. The molecule has 6 nitrogen and oxygen atoms in total. The molecule has 154 valence electrons. The summed E-state index contributed by atoms with van der Waals surface area (Å²) in [5.74, 6) is -3.65. The fraction of sp³-hybridized carbons (Fsp3) is 0.250. The number of carbonyl (C=O) groups excluding carboxylic acids is 1. The van der Waals surface area contributed by atoms with Gasteiger partial charge in [-0.15, -0.1) is 0 Å². The predicted molar refractivity (Wildman–Crippen MR) is 108 cm³/mol. The highest BCUT2D eigenvalue weighted by molar-refractivity contribution is 7.87. The van der Waals surface area contributed by atoms with E-state index in [9.17, 15) is 22.0 Å². The predicted octanol–water partition coefficient (Wildman–Crippen LogP) is 3.49. The number of benzene rings is 2. The van der Waals surface area contributed by atoms with E-state index in [0.717, 1.165) is 27.7 Å². The third-order valence-electron chi connectivity index (χ3n) is 4.66. The van der Waals surface area contributed by atoms with Crippen molar-refractivity contribution < 1.29 is 22.0 Å². The maximum atomic E-state index is 13.4. The Hall–Kier alpha value is -2.78. The van der Waals surface area contributed by atoms with E-state index in [-0.39, 0.29) is 11.1 Å². The molecule has 1 N–H and O–H groups in total. The van der Waals surface area contributed by atoms with Gasteiger partial charge in [0.1, 0.15) is 0 Å². The second kappa shape index (κ2) is 7.23. The smallest absolute Gasteiger partial charge is 0.303 e. The van der Waals surface area contributed by atoms with Crippen molar-refractivity contribution >= 4 is 27.0 Å². The number of nitrogens with zero attached hydrogens (tertiary/aromatic N) is 2. The fourth-order valence-electron chi connectivity index (χ4n) is 2.97. The first kappa shape index (κ1) is 20.9. The zero-order chi connectivity index (χ0) is 21.6. The van der Waals surface area contributed by atoms with Crippen LogP contribution in [0.5, 0.6) is 0 Å². The normalized spacial score (nSPS) is 12.5. The number of aromatic nitrogens is 1. The monoisotopic (exact) mass is 421 g/mol. The molecule has 1 amide bonds. The first-order valence-electron chi connectivity index (χ1n) is 8.72. The van der Waals surface area contributed by atoms with Crippen molar-refractivity contribution in [1.82, 2.24) is 13.6 Å². The number of hydrogen-bond donors (Lipinski definition) is 1. The molecule has 0 aliphatic heterocycles. The summed E-state index contributed by atoms with van der Waals surface area (Å²) in [5, 5.41) is 0.815. The Morgan fingerprint density at radius 2 is 1.72 bits per heavy atom. The molecule has 0 bridgehead atoms. The van der Waals surface area contributed by atoms with Gasteiger partial charge in [0.05, 0.1) is 0 Å². The van der Waals surface area contributed by atoms with Crippen molar-refractivity contribution in [3.05, 3.63) is 59.8 Å². The van der Waals surface area contributed by atoms with E-state index >= 15 is 0 Å². The van der Waals surface area contributed by atoms with Crippen LogP contribution in [-0.4, -0.2) is 37.3 Å². The number of rotatable bonds is 5. The first-order chi connectivity index (χ1) is 13.4. The number of carbonyl (C=O) groups is 1. The summed E-state index contributed by atoms with van der Waals surface area (Å²) in [6, 6.07) is 10.9. The molecule has 29 heavy (non-hydrogen) atoms. The summed E-state index contributed by atoms with van der Waals surface area (Å²) in [5.41, 5.74) is 2.41. The van der Waals surface area contributed by atoms with E-state index in [4.69, 9.17) is 0 Å². The van der Waals surface area contributed by atoms with Crippen LogP contribution < -0.4 is 4.72 Å². The summed E-state index contributed by atoms with van der Waals surface area (Å²) in [7, 11) is 0.536. The van der Waals surface area contributed by atoms with Gasteiger partial charge < -0.3 is 4.57 Å². The number of aryl methyl sites for hydroxylation is 1. The lowest BCUT2D eigenvalue weighted by Crippen LogP contribution is -2.39. The molecule has 0 saturated heterocycles. The SMILES string of the molecule is CN(C)S(=O)(=O)NC(=O)c1ccc2c(-c3ccc(C(C)(F)F)cc3)cn(C)c2c1. The maximum absolute atomic E-state index is 13.4. The van der Waals surface area contributed by atoms with Crippen LogP contribution in [0.1, 0.15) is 22.8 Å². The van der Waals surface area contributed by atoms with Crippen molar-refractivity contribution in [3.63, 3.8) is 0 Å². The largest absolute Gasteiger partial charge is 0.350 e. The van der Waals surface area contributed by atoms with Crippen molar-refractivity contribution in [2.75, 3.05) is 14.1 Å². The highest BCUT2D eigenvalue weighted by Crippen LogP contribution is 2.33. The van der Waals surface area contributed by atoms with Crippen molar-refractivity contribution in [2.24, 2.45) is 7.05 Å². The van der Waals surface area contributed by atoms with Crippen molar-refractivity contribution in [3.8, 4) is 11.1 Å². The van der Waals surface area contributed by atoms with Crippen LogP contribution in [0.4, 0.5) is 8.78 Å². The molecule has 0 radical (unpaired) electrons. The Kier molecular flexibility index (Phi) is 5.22. The number of alkyl halides is 2. The van der Waals surface area contributed by atoms with Crippen LogP contribution in [0.2, 0.25) is 0 Å². The molecule has 9 heteroatoms. The summed E-state index contributed by atoms with van der Waals surface area (Å²) < 4.78 is 55.3. The quantitative estimate of drug-likeness (QED) is 0.686. The highest BCUT2D eigenvalue weighted by Gasteiger charge is 2.24. The second-order valence-corrected chi connectivity index (χ2v) is 8.95. The molecule has 0 spiro atoms. The average molecular weight is 421 g/mol. The number of amides is 1. The first-order valence-corrected chi connectivity index (χ1v) is 10.2. The molecular weight excluding hydrogens is 400 g/mol. The van der Waals surface area contributed by atoms with E-state index in [1.165, 1.54) is 32.3 Å². The minimum atomic E-state index is -3.90. The molecule has 0 aliphatic carbocycles. The van der Waals surface area contributed by atoms with Crippen LogP contribution in [0.25, 0.3) is 22.0 Å². The van der Waals surface area contributed by atoms with Gasteiger partial charge in [-0.25, -0.2) is 13.5 Å². The summed E-state index contributed by atoms with van der Waals surface area (Å²) in [4.78, 5) is 12.3. The molecule has 1 aromatic heterocycles. The Bertz CT molecular complexity index is 1180. The number of hydrogen-bond acceptors (Lipinski definition) is 3. The van der Waals surface area contributed by atoms with Crippen LogP contribution in [0, 0.1) is 0 Å². The molecule has 0 aliphatic rings. The maximum Gasteiger partial charge on any atom is 0.303 e. The molecule has 0 unspecified atom stereocenters. The van der Waals surface area contributed by atoms with Gasteiger partial charge >= 0.3 is 10.2 Å². The van der Waals surface area contributed by atoms with Gasteiger partial charge in [0, 0.05) is 61.9 Å². The van der Waals surface area contributed by atoms with Gasteiger partial charge in [-0.3, -0.25) is 4.79 Å². The molecule has 3 aromatic rings. The zero-order valence-electron chi connectivity index (χ0n) is 16.4. The van der Waals surface area contributed by atoms with Crippen molar-refractivity contribution in [2.45, 2.75) is 12.8 Å². The number of fused-ring (bicyclic) bond motifs is 1. The molecule has 1 heterocycles. The summed E-state index contributed by atoms with van der Waals surface area (Å²) in [6.45, 7) is 0.850. The van der Waals surface area contributed by atoms with Gasteiger partial charge in [0.2, 0.25) is 0 Å². The van der Waals surface area contributed by atoms with Crippen LogP contribution in [-0.2, 0) is 23.2 Å². The lowest BCUT2D eigenvalue weighted by atomic mass is 10.0. The second-order valence-electron chi connectivity index (χ2n) is 7.07. The van der Waals surface area contributed by atoms with Gasteiger partial charge in [-0.2, -0.15) is 12.7 Å². The Morgan fingerprint density at radius 1 is 1.10 bits per heavy atom. The Morgan fingerprint density at radius 3 is 2.28 bits per heavy atom. The molecule has 0 saturated carbocycles.